The highest BCUT2D eigenvalue weighted by atomic mass is 79.9. The third-order valence-corrected chi connectivity index (χ3v) is 4.47. The average Bonchev–Trinajstić information content (AvgIpc) is 3.14. The lowest BCUT2D eigenvalue weighted by Gasteiger charge is -2.17. The monoisotopic (exact) mass is 362 g/mol. The predicted molar refractivity (Wildman–Crippen MR) is 89.1 cm³/mol. The topological polar surface area (TPSA) is 64.2 Å². The van der Waals surface area contributed by atoms with Gasteiger partial charge in [-0.2, -0.15) is 5.10 Å². The van der Waals surface area contributed by atoms with E-state index in [1.165, 1.54) is 5.56 Å². The maximum Gasteiger partial charge on any atom is 0.272 e. The highest BCUT2D eigenvalue weighted by molar-refractivity contribution is 9.10. The van der Waals surface area contributed by atoms with E-state index in [2.05, 4.69) is 21.0 Å². The van der Waals surface area contributed by atoms with E-state index in [-0.39, 0.29) is 5.91 Å². The number of aromatic nitrogens is 2. The fourth-order valence-electron chi connectivity index (χ4n) is 2.76. The summed E-state index contributed by atoms with van der Waals surface area (Å²) in [4.78, 5) is 14.7. The molecular weight excluding hydrogens is 344 g/mol. The van der Waals surface area contributed by atoms with E-state index in [4.69, 9.17) is 5.73 Å². The van der Waals surface area contributed by atoms with E-state index in [0.717, 1.165) is 25.2 Å². The number of halogens is 1. The van der Waals surface area contributed by atoms with E-state index in [1.807, 2.05) is 36.1 Å². The van der Waals surface area contributed by atoms with Crippen LogP contribution in [0.15, 0.2) is 34.9 Å². The number of benzene rings is 1. The molecule has 1 aliphatic rings. The van der Waals surface area contributed by atoms with E-state index < -0.39 is 0 Å². The molecule has 0 aliphatic carbocycles. The Morgan fingerprint density at radius 1 is 1.41 bits per heavy atom. The lowest BCUT2D eigenvalue weighted by atomic mass is 10.1. The van der Waals surface area contributed by atoms with Crippen molar-refractivity contribution >= 4 is 21.8 Å². The van der Waals surface area contributed by atoms with Gasteiger partial charge in [0.15, 0.2) is 0 Å². The zero-order valence-corrected chi connectivity index (χ0v) is 14.1. The number of nitrogens with two attached hydrogens (primary N) is 1. The van der Waals surface area contributed by atoms with Crippen LogP contribution in [0.4, 0.5) is 0 Å². The van der Waals surface area contributed by atoms with Crippen LogP contribution in [0.2, 0.25) is 0 Å². The number of likely N-dealkylation sites (tertiary alicyclic amines) is 1. The Morgan fingerprint density at radius 3 is 2.77 bits per heavy atom. The summed E-state index contributed by atoms with van der Waals surface area (Å²) in [6.45, 7) is 4.15. The number of hydrogen-bond donors (Lipinski definition) is 1. The fraction of sp³-hybridized carbons (Fsp3) is 0.375. The van der Waals surface area contributed by atoms with Crippen molar-refractivity contribution in [2.75, 3.05) is 19.6 Å². The molecule has 2 heterocycles. The number of carbonyl (C=O) groups excluding carboxylic acids is 1. The third-order valence-electron chi connectivity index (χ3n) is 4.08. The Morgan fingerprint density at radius 2 is 2.14 bits per heavy atom. The fourth-order valence-corrected chi connectivity index (χ4v) is 3.13. The summed E-state index contributed by atoms with van der Waals surface area (Å²) in [6.07, 6.45) is 0.974. The van der Waals surface area contributed by atoms with Crippen molar-refractivity contribution in [3.05, 3.63) is 46.2 Å². The Balaban J connectivity index is 1.91. The third kappa shape index (κ3) is 2.94. The molecule has 2 N–H and O–H groups in total. The minimum Gasteiger partial charge on any atom is -0.337 e. The van der Waals surface area contributed by atoms with Crippen molar-refractivity contribution in [1.82, 2.24) is 14.7 Å². The van der Waals surface area contributed by atoms with Crippen LogP contribution < -0.4 is 5.73 Å². The summed E-state index contributed by atoms with van der Waals surface area (Å²) in [6, 6.07) is 9.74. The van der Waals surface area contributed by atoms with Gasteiger partial charge in [0.25, 0.3) is 5.91 Å². The minimum atomic E-state index is 0.00900. The minimum absolute atomic E-state index is 0.00900. The number of amides is 1. The van der Waals surface area contributed by atoms with Crippen LogP contribution in [0.1, 0.15) is 22.5 Å². The molecule has 1 aliphatic heterocycles. The first-order valence-electron chi connectivity index (χ1n) is 7.40. The van der Waals surface area contributed by atoms with Gasteiger partial charge in [0, 0.05) is 19.2 Å². The molecule has 1 amide bonds. The zero-order valence-electron chi connectivity index (χ0n) is 12.5. The Bertz CT molecular complexity index is 680. The van der Waals surface area contributed by atoms with Crippen LogP contribution in [0.25, 0.3) is 5.69 Å². The summed E-state index contributed by atoms with van der Waals surface area (Å²) >= 11 is 3.37. The number of aryl methyl sites for hydroxylation is 1. The second-order valence-corrected chi connectivity index (χ2v) is 6.55. The number of carbonyl (C=O) groups is 1. The number of nitrogens with zero attached hydrogens (tertiary/aromatic N) is 3. The first-order chi connectivity index (χ1) is 10.6. The van der Waals surface area contributed by atoms with Crippen LogP contribution in [-0.2, 0) is 0 Å². The smallest absolute Gasteiger partial charge is 0.272 e. The first-order valence-corrected chi connectivity index (χ1v) is 8.19. The van der Waals surface area contributed by atoms with E-state index in [1.54, 1.807) is 10.7 Å². The molecule has 6 heteroatoms. The van der Waals surface area contributed by atoms with Crippen molar-refractivity contribution in [2.24, 2.45) is 11.7 Å². The molecule has 0 spiro atoms. The van der Waals surface area contributed by atoms with Crippen LogP contribution in [0, 0.1) is 12.8 Å². The molecule has 3 rings (SSSR count). The Hall–Kier alpha value is -1.66. The molecule has 1 aromatic carbocycles. The van der Waals surface area contributed by atoms with E-state index >= 15 is 0 Å². The largest absolute Gasteiger partial charge is 0.337 e. The van der Waals surface area contributed by atoms with Crippen LogP contribution in [0.5, 0.6) is 0 Å². The molecule has 5 nitrogen and oxygen atoms in total. The zero-order chi connectivity index (χ0) is 15.7. The van der Waals surface area contributed by atoms with Crippen molar-refractivity contribution in [3.63, 3.8) is 0 Å². The van der Waals surface area contributed by atoms with Crippen molar-refractivity contribution in [2.45, 2.75) is 13.3 Å². The molecule has 0 radical (unpaired) electrons. The maximum atomic E-state index is 12.8. The predicted octanol–water partition coefficient (Wildman–Crippen LogP) is 2.36. The van der Waals surface area contributed by atoms with Crippen molar-refractivity contribution < 1.29 is 4.79 Å². The van der Waals surface area contributed by atoms with Gasteiger partial charge >= 0.3 is 0 Å². The van der Waals surface area contributed by atoms with Gasteiger partial charge in [-0.15, -0.1) is 0 Å². The summed E-state index contributed by atoms with van der Waals surface area (Å²) in [5.41, 5.74) is 8.35. The van der Waals surface area contributed by atoms with Gasteiger partial charge in [-0.25, -0.2) is 4.68 Å². The molecule has 1 aromatic heterocycles. The van der Waals surface area contributed by atoms with Gasteiger partial charge in [-0.1, -0.05) is 17.7 Å². The molecule has 0 bridgehead atoms. The van der Waals surface area contributed by atoms with Gasteiger partial charge in [0.2, 0.25) is 0 Å². The molecule has 0 saturated carbocycles. The van der Waals surface area contributed by atoms with Gasteiger partial charge in [0.1, 0.15) is 10.3 Å². The average molecular weight is 363 g/mol. The second-order valence-electron chi connectivity index (χ2n) is 5.74. The van der Waals surface area contributed by atoms with Crippen LogP contribution in [-0.4, -0.2) is 40.2 Å². The first kappa shape index (κ1) is 15.2. The molecule has 116 valence electrons. The summed E-state index contributed by atoms with van der Waals surface area (Å²) in [5.74, 6) is 0.415. The van der Waals surface area contributed by atoms with Crippen molar-refractivity contribution in [3.8, 4) is 5.69 Å². The van der Waals surface area contributed by atoms with Gasteiger partial charge < -0.3 is 10.6 Å². The number of rotatable bonds is 3. The summed E-state index contributed by atoms with van der Waals surface area (Å²) in [7, 11) is 0. The summed E-state index contributed by atoms with van der Waals surface area (Å²) < 4.78 is 2.35. The number of hydrogen-bond acceptors (Lipinski definition) is 3. The quantitative estimate of drug-likeness (QED) is 0.911. The van der Waals surface area contributed by atoms with Gasteiger partial charge in [-0.3, -0.25) is 4.79 Å². The van der Waals surface area contributed by atoms with E-state index in [0.29, 0.717) is 22.8 Å². The molecule has 22 heavy (non-hydrogen) atoms. The summed E-state index contributed by atoms with van der Waals surface area (Å²) in [5, 5.41) is 4.40. The molecule has 1 unspecified atom stereocenters. The SMILES string of the molecule is Cc1ccc(-n2nc(Br)cc2C(=O)N2CCC(CN)C2)cc1. The van der Waals surface area contributed by atoms with Crippen molar-refractivity contribution in [1.29, 1.82) is 0 Å². The lowest BCUT2D eigenvalue weighted by molar-refractivity contribution is 0.0778. The maximum absolute atomic E-state index is 12.8. The molecule has 1 saturated heterocycles. The standard InChI is InChI=1S/C16H19BrN4O/c1-11-2-4-13(5-3-11)21-14(8-15(17)19-21)16(22)20-7-6-12(9-18)10-20/h2-5,8,12H,6-7,9-10,18H2,1H3. The van der Waals surface area contributed by atoms with E-state index in [9.17, 15) is 4.79 Å². The molecule has 1 fully saturated rings. The normalized spacial score (nSPS) is 18.0. The second kappa shape index (κ2) is 6.22. The molecular formula is C16H19BrN4O. The molecule has 1 atom stereocenters. The Labute approximate surface area is 138 Å². The van der Waals surface area contributed by atoms with Gasteiger partial charge in [-0.05, 0) is 53.9 Å². The Kier molecular flexibility index (Phi) is 4.31. The van der Waals surface area contributed by atoms with Crippen LogP contribution in [0.3, 0.4) is 0 Å². The van der Waals surface area contributed by atoms with Gasteiger partial charge in [0.05, 0.1) is 5.69 Å². The highest BCUT2D eigenvalue weighted by Crippen LogP contribution is 2.22. The van der Waals surface area contributed by atoms with Crippen LogP contribution >= 0.6 is 15.9 Å². The highest BCUT2D eigenvalue weighted by Gasteiger charge is 2.28. The lowest BCUT2D eigenvalue weighted by Crippen LogP contribution is -2.31. The molecule has 2 aromatic rings.